The molecule has 21 heavy (non-hydrogen) atoms. The quantitative estimate of drug-likeness (QED) is 0.540. The highest BCUT2D eigenvalue weighted by Gasteiger charge is 2.08. The number of amides is 1. The molecule has 0 saturated carbocycles. The number of nitrogen functional groups attached to an aromatic ring is 1. The number of aryl methyl sites for hydroxylation is 1. The maximum absolute atomic E-state index is 12.0. The Labute approximate surface area is 144 Å². The van der Waals surface area contributed by atoms with Gasteiger partial charge in [0, 0.05) is 25.2 Å². The number of halogens is 2. The first kappa shape index (κ1) is 16.4. The van der Waals surface area contributed by atoms with Crippen molar-refractivity contribution < 1.29 is 4.79 Å². The van der Waals surface area contributed by atoms with Crippen LogP contribution in [0.4, 0.5) is 11.4 Å². The minimum Gasteiger partial charge on any atom is -0.399 e. The van der Waals surface area contributed by atoms with Crippen molar-refractivity contribution in [2.45, 2.75) is 11.8 Å². The molecule has 2 aromatic rings. The van der Waals surface area contributed by atoms with Gasteiger partial charge < -0.3 is 11.1 Å². The van der Waals surface area contributed by atoms with E-state index in [2.05, 4.69) is 37.2 Å². The first-order valence-corrected chi connectivity index (χ1v) is 8.76. The minimum absolute atomic E-state index is 0.0332. The zero-order valence-electron chi connectivity index (χ0n) is 11.3. The fourth-order valence-electron chi connectivity index (χ4n) is 1.73. The predicted molar refractivity (Wildman–Crippen MR) is 96.8 cm³/mol. The number of hydrogen-bond donors (Lipinski definition) is 2. The van der Waals surface area contributed by atoms with Gasteiger partial charge in [-0.1, -0.05) is 15.9 Å². The zero-order chi connectivity index (χ0) is 15.4. The predicted octanol–water partition coefficient (Wildman–Crippen LogP) is 4.83. The van der Waals surface area contributed by atoms with Gasteiger partial charge in [-0.3, -0.25) is 4.79 Å². The second kappa shape index (κ2) is 7.33. The van der Waals surface area contributed by atoms with Gasteiger partial charge in [-0.15, -0.1) is 11.8 Å². The Hall–Kier alpha value is -0.980. The molecule has 3 nitrogen and oxygen atoms in total. The van der Waals surface area contributed by atoms with Gasteiger partial charge in [0.05, 0.1) is 5.75 Å². The number of anilines is 2. The Kier molecular flexibility index (Phi) is 5.72. The van der Waals surface area contributed by atoms with Crippen LogP contribution in [0, 0.1) is 6.92 Å². The maximum atomic E-state index is 12.0. The van der Waals surface area contributed by atoms with E-state index in [9.17, 15) is 4.79 Å². The summed E-state index contributed by atoms with van der Waals surface area (Å²) in [5.41, 5.74) is 8.25. The Morgan fingerprint density at radius 3 is 2.67 bits per heavy atom. The highest BCUT2D eigenvalue weighted by molar-refractivity contribution is 9.10. The lowest BCUT2D eigenvalue weighted by Crippen LogP contribution is -2.14. The fourth-order valence-corrected chi connectivity index (χ4v) is 3.67. The van der Waals surface area contributed by atoms with Crippen LogP contribution >= 0.6 is 43.6 Å². The van der Waals surface area contributed by atoms with Gasteiger partial charge in [0.1, 0.15) is 0 Å². The number of thioether (sulfide) groups is 1. The number of rotatable bonds is 4. The highest BCUT2D eigenvalue weighted by atomic mass is 79.9. The van der Waals surface area contributed by atoms with Crippen molar-refractivity contribution in [2.24, 2.45) is 0 Å². The number of carbonyl (C=O) groups is 1. The van der Waals surface area contributed by atoms with Crippen LogP contribution < -0.4 is 11.1 Å². The topological polar surface area (TPSA) is 55.1 Å². The summed E-state index contributed by atoms with van der Waals surface area (Å²) in [4.78, 5) is 13.0. The van der Waals surface area contributed by atoms with E-state index in [4.69, 9.17) is 5.73 Å². The summed E-state index contributed by atoms with van der Waals surface area (Å²) in [5, 5.41) is 2.92. The van der Waals surface area contributed by atoms with Crippen molar-refractivity contribution in [2.75, 3.05) is 16.8 Å². The van der Waals surface area contributed by atoms with E-state index in [1.165, 1.54) is 11.8 Å². The van der Waals surface area contributed by atoms with Crippen LogP contribution in [0.25, 0.3) is 0 Å². The van der Waals surface area contributed by atoms with Crippen molar-refractivity contribution >= 4 is 60.9 Å². The fraction of sp³-hybridized carbons (Fsp3) is 0.133. The number of carbonyl (C=O) groups excluding carboxylic acids is 1. The molecule has 0 heterocycles. The van der Waals surface area contributed by atoms with E-state index in [0.717, 1.165) is 25.1 Å². The van der Waals surface area contributed by atoms with Crippen molar-refractivity contribution in [3.63, 3.8) is 0 Å². The van der Waals surface area contributed by atoms with Gasteiger partial charge in [0.15, 0.2) is 0 Å². The molecule has 0 atom stereocenters. The smallest absolute Gasteiger partial charge is 0.234 e. The second-order valence-electron chi connectivity index (χ2n) is 4.49. The van der Waals surface area contributed by atoms with Crippen LogP contribution in [0.2, 0.25) is 0 Å². The Bertz CT molecular complexity index is 677. The van der Waals surface area contributed by atoms with Gasteiger partial charge in [-0.25, -0.2) is 0 Å². The van der Waals surface area contributed by atoms with E-state index < -0.39 is 0 Å². The van der Waals surface area contributed by atoms with Crippen LogP contribution in [0.15, 0.2) is 50.2 Å². The largest absolute Gasteiger partial charge is 0.399 e. The van der Waals surface area contributed by atoms with Crippen LogP contribution in [0.1, 0.15) is 5.56 Å². The SMILES string of the molecule is Cc1cc(Br)ccc1NC(=O)CSc1ccc(N)cc1Br. The molecule has 0 aromatic heterocycles. The summed E-state index contributed by atoms with van der Waals surface area (Å²) in [7, 11) is 0. The van der Waals surface area contributed by atoms with E-state index >= 15 is 0 Å². The molecule has 6 heteroatoms. The van der Waals surface area contributed by atoms with Crippen molar-refractivity contribution in [3.05, 3.63) is 50.9 Å². The lowest BCUT2D eigenvalue weighted by atomic mass is 10.2. The second-order valence-corrected chi connectivity index (χ2v) is 7.27. The summed E-state index contributed by atoms with van der Waals surface area (Å²) in [6.07, 6.45) is 0. The molecule has 3 N–H and O–H groups in total. The Balaban J connectivity index is 1.96. The summed E-state index contributed by atoms with van der Waals surface area (Å²) in [6.45, 7) is 1.96. The number of benzene rings is 2. The molecular weight excluding hydrogens is 416 g/mol. The average Bonchev–Trinajstić information content (AvgIpc) is 2.41. The third-order valence-corrected chi connectivity index (χ3v) is 5.26. The van der Waals surface area contributed by atoms with E-state index in [1.54, 1.807) is 0 Å². The Morgan fingerprint density at radius 1 is 1.24 bits per heavy atom. The summed E-state index contributed by atoms with van der Waals surface area (Å²) < 4.78 is 1.90. The summed E-state index contributed by atoms with van der Waals surface area (Å²) >= 11 is 8.32. The third kappa shape index (κ3) is 4.76. The normalized spacial score (nSPS) is 10.4. The minimum atomic E-state index is -0.0332. The molecule has 0 saturated heterocycles. The average molecular weight is 430 g/mol. The molecule has 0 spiro atoms. The van der Waals surface area contributed by atoms with E-state index in [1.807, 2.05) is 43.3 Å². The summed E-state index contributed by atoms with van der Waals surface area (Å²) in [5.74, 6) is 0.312. The number of hydrogen-bond acceptors (Lipinski definition) is 3. The first-order valence-electron chi connectivity index (χ1n) is 6.19. The lowest BCUT2D eigenvalue weighted by molar-refractivity contribution is -0.113. The lowest BCUT2D eigenvalue weighted by Gasteiger charge is -2.09. The molecule has 2 aromatic carbocycles. The van der Waals surface area contributed by atoms with E-state index in [-0.39, 0.29) is 5.91 Å². The maximum Gasteiger partial charge on any atom is 0.234 e. The molecule has 1 amide bonds. The molecular formula is C15H14Br2N2OS. The van der Waals surface area contributed by atoms with Gasteiger partial charge in [-0.2, -0.15) is 0 Å². The molecule has 0 aliphatic heterocycles. The van der Waals surface area contributed by atoms with Gasteiger partial charge >= 0.3 is 0 Å². The van der Waals surface area contributed by atoms with E-state index in [0.29, 0.717) is 11.4 Å². The molecule has 110 valence electrons. The third-order valence-electron chi connectivity index (χ3n) is 2.78. The molecule has 2 rings (SSSR count). The van der Waals surface area contributed by atoms with Crippen LogP contribution in [0.5, 0.6) is 0 Å². The zero-order valence-corrected chi connectivity index (χ0v) is 15.3. The first-order chi connectivity index (χ1) is 9.95. The molecule has 0 unspecified atom stereocenters. The van der Waals surface area contributed by atoms with Crippen molar-refractivity contribution in [3.8, 4) is 0 Å². The van der Waals surface area contributed by atoms with Crippen molar-refractivity contribution in [1.29, 1.82) is 0 Å². The molecule has 0 bridgehead atoms. The highest BCUT2D eigenvalue weighted by Crippen LogP contribution is 2.29. The standard InChI is InChI=1S/C15H14Br2N2OS/c1-9-6-10(16)2-4-13(9)19-15(20)8-21-14-5-3-11(18)7-12(14)17/h2-7H,8,18H2,1H3,(H,19,20). The number of nitrogens with one attached hydrogen (secondary N) is 1. The van der Waals surface area contributed by atoms with Crippen LogP contribution in [0.3, 0.4) is 0 Å². The summed E-state index contributed by atoms with van der Waals surface area (Å²) in [6, 6.07) is 11.3. The monoisotopic (exact) mass is 428 g/mol. The van der Waals surface area contributed by atoms with Crippen LogP contribution in [-0.2, 0) is 4.79 Å². The van der Waals surface area contributed by atoms with Gasteiger partial charge in [0.25, 0.3) is 0 Å². The van der Waals surface area contributed by atoms with Gasteiger partial charge in [-0.05, 0) is 64.8 Å². The van der Waals surface area contributed by atoms with Gasteiger partial charge in [0.2, 0.25) is 5.91 Å². The molecule has 0 fully saturated rings. The van der Waals surface area contributed by atoms with Crippen molar-refractivity contribution in [1.82, 2.24) is 0 Å². The van der Waals surface area contributed by atoms with Crippen LogP contribution in [-0.4, -0.2) is 11.7 Å². The molecule has 0 radical (unpaired) electrons. The molecule has 0 aliphatic rings. The Morgan fingerprint density at radius 2 is 2.00 bits per heavy atom. The molecule has 0 aliphatic carbocycles. The number of nitrogens with two attached hydrogens (primary N) is 1.